The molecule has 0 saturated heterocycles. The van der Waals surface area contributed by atoms with Crippen molar-refractivity contribution in [2.75, 3.05) is 11.9 Å². The monoisotopic (exact) mass is 276 g/mol. The quantitative estimate of drug-likeness (QED) is 0.902. The van der Waals surface area contributed by atoms with Gasteiger partial charge in [-0.1, -0.05) is 23.7 Å². The summed E-state index contributed by atoms with van der Waals surface area (Å²) in [6.07, 6.45) is 3.87. The first kappa shape index (κ1) is 13.3. The Morgan fingerprint density at radius 2 is 1.84 bits per heavy atom. The lowest BCUT2D eigenvalue weighted by Gasteiger charge is -2.06. The zero-order chi connectivity index (χ0) is 13.5. The van der Waals surface area contributed by atoms with E-state index in [0.717, 1.165) is 12.0 Å². The molecular weight excluding hydrogens is 264 g/mol. The molecule has 0 unspecified atom stereocenters. The van der Waals surface area contributed by atoms with E-state index in [1.807, 2.05) is 24.3 Å². The zero-order valence-electron chi connectivity index (χ0n) is 10.1. The van der Waals surface area contributed by atoms with E-state index in [0.29, 0.717) is 11.6 Å². The number of nitrogens with one attached hydrogen (secondary N) is 2. The highest BCUT2D eigenvalue weighted by atomic mass is 35.5. The molecule has 1 aromatic heterocycles. The highest BCUT2D eigenvalue weighted by Crippen LogP contribution is 2.09. The molecule has 2 aromatic rings. The predicted molar refractivity (Wildman–Crippen MR) is 74.2 cm³/mol. The molecule has 0 fully saturated rings. The molecule has 0 radical (unpaired) electrons. The van der Waals surface area contributed by atoms with E-state index in [4.69, 9.17) is 11.6 Å². The molecule has 0 aliphatic rings. The smallest absolute Gasteiger partial charge is 0.321 e. The van der Waals surface area contributed by atoms with Crippen molar-refractivity contribution in [3.8, 4) is 0 Å². The molecule has 0 bridgehead atoms. The Bertz CT molecular complexity index is 530. The van der Waals surface area contributed by atoms with Crippen LogP contribution in [0.4, 0.5) is 10.7 Å². The van der Waals surface area contributed by atoms with E-state index in [1.54, 1.807) is 18.5 Å². The number of nitrogens with zero attached hydrogens (tertiary/aromatic N) is 2. The van der Waals surface area contributed by atoms with Crippen LogP contribution >= 0.6 is 11.6 Å². The third-order valence-corrected chi connectivity index (χ3v) is 2.66. The summed E-state index contributed by atoms with van der Waals surface area (Å²) in [6.45, 7) is 0.528. The largest absolute Gasteiger partial charge is 0.337 e. The first-order valence-corrected chi connectivity index (χ1v) is 6.18. The fourth-order valence-electron chi connectivity index (χ4n) is 1.48. The van der Waals surface area contributed by atoms with Crippen LogP contribution in [0.25, 0.3) is 0 Å². The maximum atomic E-state index is 11.5. The molecule has 0 aliphatic heterocycles. The Balaban J connectivity index is 1.74. The van der Waals surface area contributed by atoms with Crippen molar-refractivity contribution in [3.05, 3.63) is 53.3 Å². The van der Waals surface area contributed by atoms with Crippen LogP contribution in [-0.4, -0.2) is 22.5 Å². The van der Waals surface area contributed by atoms with Crippen molar-refractivity contribution >= 4 is 23.6 Å². The number of anilines is 1. The predicted octanol–water partition coefficient (Wildman–Crippen LogP) is 2.49. The first-order valence-electron chi connectivity index (χ1n) is 5.80. The Labute approximate surface area is 116 Å². The molecule has 2 N–H and O–H groups in total. The van der Waals surface area contributed by atoms with Gasteiger partial charge in [-0.2, -0.15) is 0 Å². The number of carbonyl (C=O) groups is 1. The lowest BCUT2D eigenvalue weighted by molar-refractivity contribution is 0.252. The Kier molecular flexibility index (Phi) is 4.69. The summed E-state index contributed by atoms with van der Waals surface area (Å²) in [7, 11) is 0. The maximum Gasteiger partial charge on any atom is 0.321 e. The second-order valence-corrected chi connectivity index (χ2v) is 4.27. The summed E-state index contributed by atoms with van der Waals surface area (Å²) >= 11 is 5.79. The van der Waals surface area contributed by atoms with E-state index < -0.39 is 0 Å². The van der Waals surface area contributed by atoms with E-state index in [1.165, 1.54) is 0 Å². The van der Waals surface area contributed by atoms with Crippen LogP contribution in [0, 0.1) is 0 Å². The average molecular weight is 277 g/mol. The summed E-state index contributed by atoms with van der Waals surface area (Å²) in [4.78, 5) is 19.3. The molecule has 98 valence electrons. The number of hydrogen-bond acceptors (Lipinski definition) is 3. The third-order valence-electron chi connectivity index (χ3n) is 2.40. The Hall–Kier alpha value is -2.14. The number of carbonyl (C=O) groups excluding carboxylic acids is 1. The number of rotatable bonds is 4. The number of urea groups is 1. The van der Waals surface area contributed by atoms with Gasteiger partial charge in [-0.15, -0.1) is 0 Å². The minimum Gasteiger partial charge on any atom is -0.337 e. The van der Waals surface area contributed by atoms with Crippen LogP contribution in [0.15, 0.2) is 42.7 Å². The van der Waals surface area contributed by atoms with Gasteiger partial charge in [-0.3, -0.25) is 5.32 Å². The van der Waals surface area contributed by atoms with Crippen molar-refractivity contribution in [2.45, 2.75) is 6.42 Å². The lowest BCUT2D eigenvalue weighted by atomic mass is 10.1. The van der Waals surface area contributed by atoms with Gasteiger partial charge < -0.3 is 5.32 Å². The molecule has 2 rings (SSSR count). The molecule has 6 heteroatoms. The molecule has 2 amide bonds. The van der Waals surface area contributed by atoms with Crippen molar-refractivity contribution in [1.29, 1.82) is 0 Å². The Morgan fingerprint density at radius 1 is 1.16 bits per heavy atom. The van der Waals surface area contributed by atoms with Gasteiger partial charge in [-0.05, 0) is 30.2 Å². The third kappa shape index (κ3) is 4.56. The number of benzene rings is 1. The zero-order valence-corrected chi connectivity index (χ0v) is 10.9. The number of halogens is 1. The average Bonchev–Trinajstić information content (AvgIpc) is 2.42. The van der Waals surface area contributed by atoms with Crippen LogP contribution in [0.2, 0.25) is 5.02 Å². The molecule has 1 heterocycles. The minimum absolute atomic E-state index is 0.284. The number of amides is 2. The van der Waals surface area contributed by atoms with Crippen LogP contribution in [-0.2, 0) is 6.42 Å². The van der Waals surface area contributed by atoms with Crippen molar-refractivity contribution in [1.82, 2.24) is 15.3 Å². The Morgan fingerprint density at radius 3 is 2.53 bits per heavy atom. The van der Waals surface area contributed by atoms with E-state index in [2.05, 4.69) is 20.6 Å². The van der Waals surface area contributed by atoms with Crippen molar-refractivity contribution < 1.29 is 4.79 Å². The number of aromatic nitrogens is 2. The van der Waals surface area contributed by atoms with Gasteiger partial charge in [0.05, 0.1) is 0 Å². The lowest BCUT2D eigenvalue weighted by Crippen LogP contribution is -2.31. The van der Waals surface area contributed by atoms with Gasteiger partial charge in [0.2, 0.25) is 5.95 Å². The molecule has 0 spiro atoms. The topological polar surface area (TPSA) is 66.9 Å². The van der Waals surface area contributed by atoms with Gasteiger partial charge in [0.25, 0.3) is 0 Å². The molecule has 5 nitrogen and oxygen atoms in total. The van der Waals surface area contributed by atoms with Crippen molar-refractivity contribution in [2.24, 2.45) is 0 Å². The molecule has 0 atom stereocenters. The number of hydrogen-bond donors (Lipinski definition) is 2. The van der Waals surface area contributed by atoms with Gasteiger partial charge in [0.1, 0.15) is 0 Å². The van der Waals surface area contributed by atoms with E-state index in [-0.39, 0.29) is 12.0 Å². The normalized spacial score (nSPS) is 9.95. The summed E-state index contributed by atoms with van der Waals surface area (Å²) in [6, 6.07) is 8.89. The molecule has 0 saturated carbocycles. The van der Waals surface area contributed by atoms with Crippen molar-refractivity contribution in [3.63, 3.8) is 0 Å². The standard InChI is InChI=1S/C13H13ClN4O/c14-11-4-2-10(3-5-11)6-9-17-13(19)18-12-15-7-1-8-16-12/h1-5,7-8H,6,9H2,(H2,15,16,17,18,19). The minimum atomic E-state index is -0.319. The van der Waals surface area contributed by atoms with Crippen LogP contribution in [0.3, 0.4) is 0 Å². The highest BCUT2D eigenvalue weighted by molar-refractivity contribution is 6.30. The fraction of sp³-hybridized carbons (Fsp3) is 0.154. The maximum absolute atomic E-state index is 11.5. The highest BCUT2D eigenvalue weighted by Gasteiger charge is 2.02. The molecule has 1 aromatic carbocycles. The van der Waals surface area contributed by atoms with Gasteiger partial charge >= 0.3 is 6.03 Å². The first-order chi connectivity index (χ1) is 9.24. The molecular formula is C13H13ClN4O. The second kappa shape index (κ2) is 6.70. The van der Waals surface area contributed by atoms with Gasteiger partial charge in [0, 0.05) is 24.0 Å². The summed E-state index contributed by atoms with van der Waals surface area (Å²) in [5, 5.41) is 5.98. The van der Waals surface area contributed by atoms with Gasteiger partial charge in [0.15, 0.2) is 0 Å². The van der Waals surface area contributed by atoms with Crippen LogP contribution in [0.5, 0.6) is 0 Å². The second-order valence-electron chi connectivity index (χ2n) is 3.83. The molecule has 0 aliphatic carbocycles. The van der Waals surface area contributed by atoms with Crippen LogP contribution < -0.4 is 10.6 Å². The summed E-state index contributed by atoms with van der Waals surface area (Å²) < 4.78 is 0. The van der Waals surface area contributed by atoms with E-state index in [9.17, 15) is 4.79 Å². The fourth-order valence-corrected chi connectivity index (χ4v) is 1.61. The SMILES string of the molecule is O=C(NCCc1ccc(Cl)cc1)Nc1ncccn1. The van der Waals surface area contributed by atoms with E-state index >= 15 is 0 Å². The molecule has 19 heavy (non-hydrogen) atoms. The summed E-state index contributed by atoms with van der Waals surface area (Å²) in [5.74, 6) is 0.284. The summed E-state index contributed by atoms with van der Waals surface area (Å²) in [5.41, 5.74) is 1.11. The van der Waals surface area contributed by atoms with Gasteiger partial charge in [-0.25, -0.2) is 14.8 Å². The van der Waals surface area contributed by atoms with Crippen LogP contribution in [0.1, 0.15) is 5.56 Å².